The van der Waals surface area contributed by atoms with Crippen LogP contribution >= 0.6 is 11.3 Å². The van der Waals surface area contributed by atoms with Crippen LogP contribution in [0.4, 0.5) is 5.13 Å². The first-order valence-corrected chi connectivity index (χ1v) is 10.1. The minimum Gasteiger partial charge on any atom is -0.341 e. The Bertz CT molecular complexity index is 600. The normalized spacial score (nSPS) is 21.5. The van der Waals surface area contributed by atoms with Crippen molar-refractivity contribution in [3.8, 4) is 0 Å². The van der Waals surface area contributed by atoms with E-state index >= 15 is 0 Å². The fourth-order valence-electron chi connectivity index (χ4n) is 3.57. The average molecular weight is 366 g/mol. The van der Waals surface area contributed by atoms with Crippen molar-refractivity contribution >= 4 is 28.3 Å². The van der Waals surface area contributed by atoms with Crippen LogP contribution in [0.15, 0.2) is 0 Å². The lowest BCUT2D eigenvalue weighted by Gasteiger charge is -2.32. The minimum absolute atomic E-state index is 0.0425. The Morgan fingerprint density at radius 1 is 1.16 bits per heavy atom. The van der Waals surface area contributed by atoms with Gasteiger partial charge in [-0.05, 0) is 45.1 Å². The molecule has 2 fully saturated rings. The lowest BCUT2D eigenvalue weighted by molar-refractivity contribution is -0.137. The van der Waals surface area contributed by atoms with Gasteiger partial charge < -0.3 is 10.2 Å². The molecule has 2 aliphatic heterocycles. The van der Waals surface area contributed by atoms with Crippen molar-refractivity contribution in [2.75, 3.05) is 31.5 Å². The number of carbonyl (C=O) groups is 2. The fourth-order valence-corrected chi connectivity index (χ4v) is 4.27. The van der Waals surface area contributed by atoms with Crippen molar-refractivity contribution in [1.82, 2.24) is 20.0 Å². The number of aryl methyl sites for hydroxylation is 1. The van der Waals surface area contributed by atoms with Gasteiger partial charge in [0, 0.05) is 26.1 Å². The summed E-state index contributed by atoms with van der Waals surface area (Å²) in [5.74, 6) is 0.198. The lowest BCUT2D eigenvalue weighted by atomic mass is 10.1. The first kappa shape index (κ1) is 18.3. The molecule has 0 radical (unpaired) electrons. The number of carbonyl (C=O) groups excluding carboxylic acids is 2. The molecular weight excluding hydrogens is 338 g/mol. The van der Waals surface area contributed by atoms with Gasteiger partial charge in [-0.25, -0.2) is 0 Å². The van der Waals surface area contributed by atoms with Crippen LogP contribution in [0.25, 0.3) is 0 Å². The summed E-state index contributed by atoms with van der Waals surface area (Å²) in [6.45, 7) is 5.31. The van der Waals surface area contributed by atoms with Crippen LogP contribution in [0, 0.1) is 0 Å². The van der Waals surface area contributed by atoms with E-state index in [9.17, 15) is 9.59 Å². The molecule has 1 aromatic heterocycles. The van der Waals surface area contributed by atoms with Crippen LogP contribution in [-0.4, -0.2) is 64.0 Å². The number of rotatable bonds is 6. The summed E-state index contributed by atoms with van der Waals surface area (Å²) in [5.41, 5.74) is 0. The third-order valence-electron chi connectivity index (χ3n) is 4.96. The monoisotopic (exact) mass is 365 g/mol. The van der Waals surface area contributed by atoms with Crippen molar-refractivity contribution in [2.24, 2.45) is 0 Å². The van der Waals surface area contributed by atoms with Gasteiger partial charge in [0.15, 0.2) is 0 Å². The summed E-state index contributed by atoms with van der Waals surface area (Å²) in [6.07, 6.45) is 6.59. The van der Waals surface area contributed by atoms with Crippen molar-refractivity contribution in [3.63, 3.8) is 0 Å². The second kappa shape index (κ2) is 8.71. The summed E-state index contributed by atoms with van der Waals surface area (Å²) >= 11 is 1.41. The van der Waals surface area contributed by atoms with Gasteiger partial charge in [-0.3, -0.25) is 14.5 Å². The summed E-state index contributed by atoms with van der Waals surface area (Å²) < 4.78 is 0. The first-order valence-electron chi connectivity index (χ1n) is 9.32. The van der Waals surface area contributed by atoms with E-state index in [0.29, 0.717) is 18.1 Å². The zero-order valence-electron chi connectivity index (χ0n) is 14.9. The Morgan fingerprint density at radius 3 is 2.68 bits per heavy atom. The highest BCUT2D eigenvalue weighted by Crippen LogP contribution is 2.22. The number of nitrogens with one attached hydrogen (secondary N) is 1. The smallest absolute Gasteiger partial charge is 0.239 e. The van der Waals surface area contributed by atoms with Crippen molar-refractivity contribution in [1.29, 1.82) is 0 Å². The van der Waals surface area contributed by atoms with E-state index in [-0.39, 0.29) is 17.9 Å². The molecule has 1 aromatic rings. The Hall–Kier alpha value is -1.54. The van der Waals surface area contributed by atoms with Crippen LogP contribution in [0.3, 0.4) is 0 Å². The van der Waals surface area contributed by atoms with Crippen LogP contribution < -0.4 is 5.32 Å². The van der Waals surface area contributed by atoms with Gasteiger partial charge in [-0.1, -0.05) is 18.3 Å². The van der Waals surface area contributed by atoms with Gasteiger partial charge in [-0.2, -0.15) is 0 Å². The first-order chi connectivity index (χ1) is 12.2. The quantitative estimate of drug-likeness (QED) is 0.833. The van der Waals surface area contributed by atoms with E-state index < -0.39 is 0 Å². The highest BCUT2D eigenvalue weighted by Gasteiger charge is 2.34. The second-order valence-electron chi connectivity index (χ2n) is 6.73. The van der Waals surface area contributed by atoms with E-state index in [0.717, 1.165) is 56.7 Å². The van der Waals surface area contributed by atoms with E-state index in [1.165, 1.54) is 17.8 Å². The molecule has 8 heteroatoms. The van der Waals surface area contributed by atoms with E-state index in [4.69, 9.17) is 0 Å². The molecule has 0 unspecified atom stereocenters. The Kier molecular flexibility index (Phi) is 6.36. The highest BCUT2D eigenvalue weighted by molar-refractivity contribution is 7.15. The number of amides is 2. The molecule has 138 valence electrons. The summed E-state index contributed by atoms with van der Waals surface area (Å²) in [6, 6.07) is -0.0425. The maximum Gasteiger partial charge on any atom is 0.239 e. The summed E-state index contributed by atoms with van der Waals surface area (Å²) in [4.78, 5) is 29.1. The second-order valence-corrected chi connectivity index (χ2v) is 7.79. The van der Waals surface area contributed by atoms with Crippen molar-refractivity contribution in [2.45, 2.75) is 57.9 Å². The molecule has 3 heterocycles. The van der Waals surface area contributed by atoms with Gasteiger partial charge in [0.1, 0.15) is 5.01 Å². The topological polar surface area (TPSA) is 78.4 Å². The Labute approximate surface area is 152 Å². The predicted molar refractivity (Wildman–Crippen MR) is 97.6 cm³/mol. The molecule has 3 rings (SSSR count). The largest absolute Gasteiger partial charge is 0.341 e. The molecule has 0 saturated carbocycles. The molecule has 2 aliphatic rings. The number of nitrogens with zero attached hydrogens (tertiary/aromatic N) is 4. The number of aromatic nitrogens is 2. The molecule has 2 saturated heterocycles. The van der Waals surface area contributed by atoms with Crippen LogP contribution in [0.2, 0.25) is 0 Å². The number of hydrogen-bond donors (Lipinski definition) is 1. The van der Waals surface area contributed by atoms with Gasteiger partial charge in [0.25, 0.3) is 0 Å². The number of hydrogen-bond acceptors (Lipinski definition) is 6. The molecule has 0 aliphatic carbocycles. The predicted octanol–water partition coefficient (Wildman–Crippen LogP) is 1.91. The Balaban J connectivity index is 1.47. The summed E-state index contributed by atoms with van der Waals surface area (Å²) in [5, 5.41) is 12.3. The molecule has 0 spiro atoms. The maximum absolute atomic E-state index is 12.7. The van der Waals surface area contributed by atoms with Crippen LogP contribution in [-0.2, 0) is 16.0 Å². The molecule has 1 N–H and O–H groups in total. The van der Waals surface area contributed by atoms with E-state index in [2.05, 4.69) is 20.4 Å². The highest BCUT2D eigenvalue weighted by atomic mass is 32.1. The van der Waals surface area contributed by atoms with Gasteiger partial charge in [-0.15, -0.1) is 10.2 Å². The third kappa shape index (κ3) is 4.76. The molecule has 1 atom stereocenters. The minimum atomic E-state index is -0.0603. The van der Waals surface area contributed by atoms with E-state index in [1.54, 1.807) is 0 Å². The van der Waals surface area contributed by atoms with Crippen LogP contribution in [0.5, 0.6) is 0 Å². The molecular formula is C17H27N5O2S. The zero-order valence-corrected chi connectivity index (χ0v) is 15.7. The Morgan fingerprint density at radius 2 is 1.96 bits per heavy atom. The molecule has 2 amide bonds. The van der Waals surface area contributed by atoms with E-state index in [1.807, 2.05) is 11.8 Å². The lowest BCUT2D eigenvalue weighted by Crippen LogP contribution is -2.47. The van der Waals surface area contributed by atoms with Crippen LogP contribution in [0.1, 0.15) is 50.5 Å². The number of anilines is 1. The maximum atomic E-state index is 12.7. The third-order valence-corrected chi connectivity index (χ3v) is 5.94. The van der Waals surface area contributed by atoms with Gasteiger partial charge in [0.05, 0.1) is 6.04 Å². The average Bonchev–Trinajstić information content (AvgIpc) is 3.29. The van der Waals surface area contributed by atoms with Crippen molar-refractivity contribution < 1.29 is 9.59 Å². The van der Waals surface area contributed by atoms with Crippen molar-refractivity contribution in [3.05, 3.63) is 5.01 Å². The molecule has 0 aromatic carbocycles. The molecule has 25 heavy (non-hydrogen) atoms. The van der Waals surface area contributed by atoms with Gasteiger partial charge in [0.2, 0.25) is 16.9 Å². The number of likely N-dealkylation sites (tertiary alicyclic amines) is 2. The number of piperidine rings is 1. The fraction of sp³-hybridized carbons (Fsp3) is 0.765. The molecule has 0 bridgehead atoms. The zero-order chi connectivity index (χ0) is 17.6. The molecule has 7 nitrogen and oxygen atoms in total. The SMILES string of the molecule is CCc1nnc(NC(=O)CCN2CCC[C@H]2C(=O)N2CCCCC2)s1. The summed E-state index contributed by atoms with van der Waals surface area (Å²) in [7, 11) is 0. The standard InChI is InChI=1S/C17H27N5O2S/c1-2-15-19-20-17(25-15)18-14(23)8-12-21-11-6-7-13(21)16(24)22-9-4-3-5-10-22/h13H,2-12H2,1H3,(H,18,20,23)/t13-/m0/s1. The van der Waals surface area contributed by atoms with Gasteiger partial charge >= 0.3 is 0 Å².